The molecular weight excluding hydrogens is 268 g/mol. The Kier molecular flexibility index (Phi) is 3.17. The topological polar surface area (TPSA) is 72.0 Å². The van der Waals surface area contributed by atoms with Crippen molar-refractivity contribution in [2.75, 3.05) is 6.61 Å². The maximum atomic E-state index is 12.2. The quantitative estimate of drug-likeness (QED) is 0.579. The summed E-state index contributed by atoms with van der Waals surface area (Å²) in [6.45, 7) is 3.79. The second-order valence-electron chi connectivity index (χ2n) is 4.77. The van der Waals surface area contributed by atoms with Crippen LogP contribution in [0.3, 0.4) is 0 Å². The number of aryl methyl sites for hydroxylation is 1. The highest BCUT2D eigenvalue weighted by atomic mass is 16.5. The number of benzene rings is 1. The van der Waals surface area contributed by atoms with Crippen molar-refractivity contribution in [3.05, 3.63) is 51.9 Å². The summed E-state index contributed by atoms with van der Waals surface area (Å²) in [5.41, 5.74) is 1.57. The SMILES string of the molecule is CCOC(=O)c1nc2c(=O)[nH]c3ccccc3c2cc1C. The monoisotopic (exact) mass is 282 g/mol. The first-order valence-corrected chi connectivity index (χ1v) is 6.71. The Labute approximate surface area is 120 Å². The van der Waals surface area contributed by atoms with Crippen LogP contribution < -0.4 is 5.56 Å². The summed E-state index contributed by atoms with van der Waals surface area (Å²) in [5.74, 6) is -0.510. The number of fused-ring (bicyclic) bond motifs is 3. The number of rotatable bonds is 2. The molecule has 3 aromatic rings. The molecule has 0 saturated heterocycles. The van der Waals surface area contributed by atoms with Gasteiger partial charge in [0.05, 0.1) is 6.61 Å². The van der Waals surface area contributed by atoms with Gasteiger partial charge >= 0.3 is 5.97 Å². The lowest BCUT2D eigenvalue weighted by molar-refractivity contribution is 0.0519. The molecule has 0 radical (unpaired) electrons. The molecule has 5 heteroatoms. The molecular formula is C16H14N2O3. The molecule has 2 aromatic heterocycles. The van der Waals surface area contributed by atoms with Crippen LogP contribution in [0.4, 0.5) is 0 Å². The Morgan fingerprint density at radius 1 is 1.29 bits per heavy atom. The van der Waals surface area contributed by atoms with Gasteiger partial charge in [-0.15, -0.1) is 0 Å². The van der Waals surface area contributed by atoms with E-state index in [-0.39, 0.29) is 23.4 Å². The lowest BCUT2D eigenvalue weighted by Crippen LogP contribution is -2.14. The lowest BCUT2D eigenvalue weighted by atomic mass is 10.1. The first kappa shape index (κ1) is 13.3. The van der Waals surface area contributed by atoms with Crippen LogP contribution in [-0.2, 0) is 4.74 Å². The number of esters is 1. The number of aromatic nitrogens is 2. The zero-order valence-electron chi connectivity index (χ0n) is 11.8. The predicted molar refractivity (Wildman–Crippen MR) is 80.6 cm³/mol. The van der Waals surface area contributed by atoms with Crippen molar-refractivity contribution < 1.29 is 9.53 Å². The smallest absolute Gasteiger partial charge is 0.357 e. The highest BCUT2D eigenvalue weighted by molar-refractivity contribution is 6.05. The number of pyridine rings is 2. The molecule has 0 atom stereocenters. The van der Waals surface area contributed by atoms with Gasteiger partial charge in [0.25, 0.3) is 5.56 Å². The summed E-state index contributed by atoms with van der Waals surface area (Å²) in [7, 11) is 0. The standard InChI is InChI=1S/C16H14N2O3/c1-3-21-16(20)13-9(2)8-11-10-6-4-5-7-12(10)17-15(19)14(11)18-13/h4-8H,3H2,1-2H3,(H,17,19). The van der Waals surface area contributed by atoms with Crippen molar-refractivity contribution in [1.29, 1.82) is 0 Å². The molecule has 0 aliphatic heterocycles. The van der Waals surface area contributed by atoms with Crippen molar-refractivity contribution in [3.8, 4) is 0 Å². The average Bonchev–Trinajstić information content (AvgIpc) is 2.47. The van der Waals surface area contributed by atoms with E-state index in [0.29, 0.717) is 5.56 Å². The van der Waals surface area contributed by atoms with Gasteiger partial charge in [0.2, 0.25) is 0 Å². The molecule has 1 N–H and O–H groups in total. The zero-order chi connectivity index (χ0) is 15.0. The van der Waals surface area contributed by atoms with Crippen LogP contribution in [0, 0.1) is 6.92 Å². The van der Waals surface area contributed by atoms with Crippen molar-refractivity contribution >= 4 is 27.8 Å². The predicted octanol–water partition coefficient (Wildman–Crippen LogP) is 2.56. The Balaban J connectivity index is 2.37. The van der Waals surface area contributed by atoms with Gasteiger partial charge in [-0.05, 0) is 31.5 Å². The van der Waals surface area contributed by atoms with Crippen molar-refractivity contribution in [2.24, 2.45) is 0 Å². The molecule has 0 unspecified atom stereocenters. The van der Waals surface area contributed by atoms with Crippen LogP contribution in [0.2, 0.25) is 0 Å². The van der Waals surface area contributed by atoms with E-state index in [2.05, 4.69) is 9.97 Å². The Morgan fingerprint density at radius 2 is 2.05 bits per heavy atom. The number of nitrogens with one attached hydrogen (secondary N) is 1. The molecule has 0 spiro atoms. The van der Waals surface area contributed by atoms with E-state index in [0.717, 1.165) is 16.3 Å². The minimum absolute atomic E-state index is 0.185. The summed E-state index contributed by atoms with van der Waals surface area (Å²) in [6.07, 6.45) is 0. The maximum absolute atomic E-state index is 12.2. The van der Waals surface area contributed by atoms with Gasteiger partial charge in [-0.1, -0.05) is 18.2 Å². The third-order valence-electron chi connectivity index (χ3n) is 3.36. The van der Waals surface area contributed by atoms with Gasteiger partial charge in [0, 0.05) is 16.3 Å². The third kappa shape index (κ3) is 2.16. The van der Waals surface area contributed by atoms with Crippen LogP contribution >= 0.6 is 0 Å². The van der Waals surface area contributed by atoms with Crippen LogP contribution in [0.15, 0.2) is 35.1 Å². The van der Waals surface area contributed by atoms with Crippen molar-refractivity contribution in [2.45, 2.75) is 13.8 Å². The van der Waals surface area contributed by atoms with Gasteiger partial charge in [0.15, 0.2) is 5.69 Å². The number of hydrogen-bond donors (Lipinski definition) is 1. The van der Waals surface area contributed by atoms with Gasteiger partial charge in [-0.25, -0.2) is 9.78 Å². The molecule has 5 nitrogen and oxygen atoms in total. The van der Waals surface area contributed by atoms with Gasteiger partial charge in [-0.2, -0.15) is 0 Å². The van der Waals surface area contributed by atoms with Crippen LogP contribution in [0.25, 0.3) is 21.8 Å². The molecule has 21 heavy (non-hydrogen) atoms. The molecule has 0 amide bonds. The van der Waals surface area contributed by atoms with E-state index in [1.807, 2.05) is 30.3 Å². The van der Waals surface area contributed by atoms with Crippen molar-refractivity contribution in [3.63, 3.8) is 0 Å². The maximum Gasteiger partial charge on any atom is 0.357 e. The molecule has 2 heterocycles. The number of aromatic amines is 1. The second kappa shape index (κ2) is 5.01. The molecule has 1 aromatic carbocycles. The molecule has 0 aliphatic rings. The molecule has 0 saturated carbocycles. The second-order valence-corrected chi connectivity index (χ2v) is 4.77. The number of para-hydroxylation sites is 1. The zero-order valence-corrected chi connectivity index (χ0v) is 11.8. The Morgan fingerprint density at radius 3 is 2.81 bits per heavy atom. The van der Waals surface area contributed by atoms with Crippen LogP contribution in [0.5, 0.6) is 0 Å². The number of ether oxygens (including phenoxy) is 1. The highest BCUT2D eigenvalue weighted by Crippen LogP contribution is 2.22. The molecule has 106 valence electrons. The third-order valence-corrected chi connectivity index (χ3v) is 3.36. The first-order chi connectivity index (χ1) is 10.1. The van der Waals surface area contributed by atoms with Crippen LogP contribution in [0.1, 0.15) is 23.0 Å². The summed E-state index contributed by atoms with van der Waals surface area (Å²) in [4.78, 5) is 31.1. The van der Waals surface area contributed by atoms with E-state index in [9.17, 15) is 9.59 Å². The highest BCUT2D eigenvalue weighted by Gasteiger charge is 2.16. The van der Waals surface area contributed by atoms with E-state index in [1.54, 1.807) is 13.8 Å². The summed E-state index contributed by atoms with van der Waals surface area (Å²) >= 11 is 0. The average molecular weight is 282 g/mol. The Bertz CT molecular complexity index is 912. The molecule has 0 aliphatic carbocycles. The molecule has 0 bridgehead atoms. The fourth-order valence-electron chi connectivity index (χ4n) is 2.41. The van der Waals surface area contributed by atoms with E-state index in [1.165, 1.54) is 0 Å². The van der Waals surface area contributed by atoms with E-state index >= 15 is 0 Å². The number of carbonyl (C=O) groups excluding carboxylic acids is 1. The van der Waals surface area contributed by atoms with Gasteiger partial charge in [0.1, 0.15) is 5.52 Å². The number of nitrogens with zero attached hydrogens (tertiary/aromatic N) is 1. The van der Waals surface area contributed by atoms with E-state index < -0.39 is 5.97 Å². The van der Waals surface area contributed by atoms with E-state index in [4.69, 9.17) is 4.74 Å². The first-order valence-electron chi connectivity index (χ1n) is 6.71. The van der Waals surface area contributed by atoms with Crippen molar-refractivity contribution in [1.82, 2.24) is 9.97 Å². The van der Waals surface area contributed by atoms with Gasteiger partial charge in [-0.3, -0.25) is 4.79 Å². The summed E-state index contributed by atoms with van der Waals surface area (Å²) in [6, 6.07) is 9.32. The minimum atomic E-state index is -0.510. The number of hydrogen-bond acceptors (Lipinski definition) is 4. The fraction of sp³-hybridized carbons (Fsp3) is 0.188. The molecule has 3 rings (SSSR count). The molecule has 0 fully saturated rings. The number of H-pyrrole nitrogens is 1. The number of carbonyl (C=O) groups is 1. The minimum Gasteiger partial charge on any atom is -0.461 e. The lowest BCUT2D eigenvalue weighted by Gasteiger charge is -2.08. The largest absolute Gasteiger partial charge is 0.461 e. The fourth-order valence-corrected chi connectivity index (χ4v) is 2.41. The summed E-state index contributed by atoms with van der Waals surface area (Å²) < 4.78 is 4.97. The van der Waals surface area contributed by atoms with Crippen LogP contribution in [-0.4, -0.2) is 22.5 Å². The van der Waals surface area contributed by atoms with Gasteiger partial charge < -0.3 is 9.72 Å². The Hall–Kier alpha value is -2.69. The normalized spacial score (nSPS) is 11.0. The summed E-state index contributed by atoms with van der Waals surface area (Å²) in [5, 5.41) is 1.64.